The Balaban J connectivity index is 2.24. The number of hydrogen-bond donors (Lipinski definition) is 1. The highest BCUT2D eigenvalue weighted by molar-refractivity contribution is 7.99. The van der Waals surface area contributed by atoms with Gasteiger partial charge in [0.05, 0.1) is 12.1 Å². The van der Waals surface area contributed by atoms with Crippen molar-refractivity contribution < 1.29 is 4.39 Å². The molecular formula is C19H11FN4S. The maximum absolute atomic E-state index is 13.2. The lowest BCUT2D eigenvalue weighted by molar-refractivity contribution is 0.628. The Kier molecular flexibility index (Phi) is 4.65. The van der Waals surface area contributed by atoms with E-state index >= 15 is 0 Å². The highest BCUT2D eigenvalue weighted by Crippen LogP contribution is 2.43. The summed E-state index contributed by atoms with van der Waals surface area (Å²) in [7, 11) is 0. The van der Waals surface area contributed by atoms with Crippen LogP contribution in [0.3, 0.4) is 0 Å². The first-order chi connectivity index (χ1) is 12.1. The summed E-state index contributed by atoms with van der Waals surface area (Å²) in [5.74, 6) is -0.347. The van der Waals surface area contributed by atoms with Crippen LogP contribution in [0, 0.1) is 23.7 Å². The van der Waals surface area contributed by atoms with Crippen molar-refractivity contribution in [3.63, 3.8) is 0 Å². The number of benzene rings is 2. The molecule has 0 bridgehead atoms. The number of rotatable bonds is 3. The fourth-order valence-corrected chi connectivity index (χ4v) is 3.26. The van der Waals surface area contributed by atoms with Crippen LogP contribution in [0.2, 0.25) is 0 Å². The minimum atomic E-state index is -0.396. The molecule has 1 aromatic heterocycles. The van der Waals surface area contributed by atoms with Crippen LogP contribution in [0.25, 0.3) is 16.0 Å². The predicted molar refractivity (Wildman–Crippen MR) is 95.6 cm³/mol. The molecule has 0 unspecified atom stereocenters. The Morgan fingerprint density at radius 3 is 2.40 bits per heavy atom. The molecule has 0 saturated carbocycles. The lowest BCUT2D eigenvalue weighted by atomic mass is 10.00. The van der Waals surface area contributed by atoms with Gasteiger partial charge in [0.15, 0.2) is 0 Å². The largest absolute Gasteiger partial charge is 0.383 e. The molecule has 0 amide bonds. The molecule has 0 aliphatic heterocycles. The lowest BCUT2D eigenvalue weighted by Crippen LogP contribution is -2.00. The average Bonchev–Trinajstić information content (AvgIpc) is 2.63. The van der Waals surface area contributed by atoms with E-state index in [4.69, 9.17) is 12.3 Å². The average molecular weight is 346 g/mol. The number of pyridine rings is 1. The van der Waals surface area contributed by atoms with E-state index < -0.39 is 5.82 Å². The molecule has 0 saturated heterocycles. The van der Waals surface area contributed by atoms with E-state index in [9.17, 15) is 9.65 Å². The third kappa shape index (κ3) is 3.30. The second-order valence-electron chi connectivity index (χ2n) is 5.05. The molecule has 120 valence electrons. The zero-order valence-corrected chi connectivity index (χ0v) is 13.7. The molecule has 0 radical (unpaired) electrons. The second kappa shape index (κ2) is 7.04. The van der Waals surface area contributed by atoms with Crippen LogP contribution in [-0.2, 0) is 0 Å². The van der Waals surface area contributed by atoms with E-state index in [1.54, 1.807) is 0 Å². The van der Waals surface area contributed by atoms with E-state index in [2.05, 4.69) is 9.83 Å². The number of aromatic nitrogens is 1. The summed E-state index contributed by atoms with van der Waals surface area (Å²) >= 11 is 1.30. The van der Waals surface area contributed by atoms with Crippen LogP contribution >= 0.6 is 11.8 Å². The number of hydrogen-bond acceptors (Lipinski definition) is 4. The standard InChI is InChI=1S/C19H11FN4S/c1-23-17-16(12-7-9-13(20)10-8-12)15(11-21)18(22)24-19(17)25-14-5-3-2-4-6-14/h2-10H,(H2,22,24). The molecule has 0 spiro atoms. The van der Waals surface area contributed by atoms with Crippen LogP contribution in [0.4, 0.5) is 15.9 Å². The van der Waals surface area contributed by atoms with Crippen molar-refractivity contribution in [3.05, 3.63) is 77.4 Å². The van der Waals surface area contributed by atoms with Crippen LogP contribution in [0.15, 0.2) is 64.5 Å². The van der Waals surface area contributed by atoms with Crippen molar-refractivity contribution in [1.82, 2.24) is 4.98 Å². The number of halogens is 1. The van der Waals surface area contributed by atoms with Gasteiger partial charge in [0.1, 0.15) is 22.7 Å². The van der Waals surface area contributed by atoms with Gasteiger partial charge in [-0.3, -0.25) is 0 Å². The first kappa shape index (κ1) is 16.5. The maximum atomic E-state index is 13.2. The van der Waals surface area contributed by atoms with Gasteiger partial charge in [0.2, 0.25) is 5.69 Å². The van der Waals surface area contributed by atoms with Crippen molar-refractivity contribution >= 4 is 23.3 Å². The molecular weight excluding hydrogens is 335 g/mol. The third-order valence-electron chi connectivity index (χ3n) is 3.48. The predicted octanol–water partition coefficient (Wildman–Crippen LogP) is 5.04. The van der Waals surface area contributed by atoms with E-state index in [0.29, 0.717) is 16.2 Å². The topological polar surface area (TPSA) is 67.1 Å². The van der Waals surface area contributed by atoms with E-state index in [1.165, 1.54) is 36.0 Å². The summed E-state index contributed by atoms with van der Waals surface area (Å²) in [4.78, 5) is 8.72. The normalized spacial score (nSPS) is 10.0. The molecule has 2 aromatic carbocycles. The zero-order valence-electron chi connectivity index (χ0n) is 12.9. The van der Waals surface area contributed by atoms with E-state index in [1.807, 2.05) is 36.4 Å². The van der Waals surface area contributed by atoms with Gasteiger partial charge >= 0.3 is 0 Å². The van der Waals surface area contributed by atoms with Gasteiger partial charge in [-0.2, -0.15) is 5.26 Å². The number of nitrogens with zero attached hydrogens (tertiary/aromatic N) is 3. The fourth-order valence-electron chi connectivity index (χ4n) is 2.36. The van der Waals surface area contributed by atoms with Crippen molar-refractivity contribution in [2.24, 2.45) is 0 Å². The Labute approximate surface area is 148 Å². The molecule has 3 aromatic rings. The van der Waals surface area contributed by atoms with E-state index in [0.717, 1.165) is 4.90 Å². The number of nitriles is 1. The fraction of sp³-hybridized carbons (Fsp3) is 0. The number of nitrogens with two attached hydrogens (primary N) is 1. The molecule has 2 N–H and O–H groups in total. The first-order valence-corrected chi connectivity index (χ1v) is 8.05. The Hall–Kier alpha value is -3.35. The molecule has 4 nitrogen and oxygen atoms in total. The highest BCUT2D eigenvalue weighted by atomic mass is 32.2. The van der Waals surface area contributed by atoms with Gasteiger partial charge in [-0.15, -0.1) is 0 Å². The van der Waals surface area contributed by atoms with Gasteiger partial charge in [-0.1, -0.05) is 42.1 Å². The van der Waals surface area contributed by atoms with Gasteiger partial charge in [-0.05, 0) is 29.8 Å². The minimum absolute atomic E-state index is 0.0488. The molecule has 1 heterocycles. The number of anilines is 1. The lowest BCUT2D eigenvalue weighted by Gasteiger charge is -2.13. The van der Waals surface area contributed by atoms with E-state index in [-0.39, 0.29) is 17.1 Å². The number of nitrogen functional groups attached to an aromatic ring is 1. The Bertz CT molecular complexity index is 1000. The van der Waals surface area contributed by atoms with Crippen LogP contribution < -0.4 is 5.73 Å². The molecule has 3 rings (SSSR count). The van der Waals surface area contributed by atoms with Crippen molar-refractivity contribution in [1.29, 1.82) is 5.26 Å². The van der Waals surface area contributed by atoms with Crippen molar-refractivity contribution in [2.75, 3.05) is 5.73 Å². The highest BCUT2D eigenvalue weighted by Gasteiger charge is 2.21. The smallest absolute Gasteiger partial charge is 0.228 e. The van der Waals surface area contributed by atoms with Gasteiger partial charge in [-0.25, -0.2) is 14.2 Å². The van der Waals surface area contributed by atoms with Crippen LogP contribution in [0.1, 0.15) is 5.56 Å². The molecule has 0 aliphatic carbocycles. The van der Waals surface area contributed by atoms with Crippen molar-refractivity contribution in [2.45, 2.75) is 9.92 Å². The summed E-state index contributed by atoms with van der Waals surface area (Å²) in [6, 6.07) is 17.1. The molecule has 0 fully saturated rings. The SMILES string of the molecule is [C-]#[N+]c1c(Sc2ccccc2)nc(N)c(C#N)c1-c1ccc(F)cc1. The minimum Gasteiger partial charge on any atom is -0.383 e. The second-order valence-corrected chi connectivity index (χ2v) is 6.11. The first-order valence-electron chi connectivity index (χ1n) is 7.24. The third-order valence-corrected chi connectivity index (χ3v) is 4.47. The Morgan fingerprint density at radius 1 is 1.12 bits per heavy atom. The summed E-state index contributed by atoms with van der Waals surface area (Å²) in [6.45, 7) is 7.57. The summed E-state index contributed by atoms with van der Waals surface area (Å²) in [6.07, 6.45) is 0. The molecule has 0 aliphatic rings. The van der Waals surface area contributed by atoms with Gasteiger partial charge in [0, 0.05) is 10.5 Å². The summed E-state index contributed by atoms with van der Waals surface area (Å²) in [5, 5.41) is 9.88. The summed E-state index contributed by atoms with van der Waals surface area (Å²) in [5.41, 5.74) is 7.23. The van der Waals surface area contributed by atoms with Crippen LogP contribution in [0.5, 0.6) is 0 Å². The zero-order chi connectivity index (χ0) is 17.8. The molecule has 25 heavy (non-hydrogen) atoms. The van der Waals surface area contributed by atoms with Crippen LogP contribution in [-0.4, -0.2) is 4.98 Å². The molecule has 0 atom stereocenters. The van der Waals surface area contributed by atoms with Crippen molar-refractivity contribution in [3.8, 4) is 17.2 Å². The maximum Gasteiger partial charge on any atom is 0.228 e. The quantitative estimate of drug-likeness (QED) is 0.674. The van der Waals surface area contributed by atoms with Gasteiger partial charge < -0.3 is 5.73 Å². The Morgan fingerprint density at radius 2 is 1.80 bits per heavy atom. The summed E-state index contributed by atoms with van der Waals surface area (Å²) < 4.78 is 13.2. The monoisotopic (exact) mass is 346 g/mol. The molecule has 6 heteroatoms. The van der Waals surface area contributed by atoms with Gasteiger partial charge in [0.25, 0.3) is 0 Å².